The van der Waals surface area contributed by atoms with E-state index in [0.717, 1.165) is 56.0 Å². The summed E-state index contributed by atoms with van der Waals surface area (Å²) in [7, 11) is 1.44. The molecular weight excluding hydrogens is 1480 g/mol. The number of sulfonamides is 2. The number of ether oxygens (including phenoxy) is 8. The molecule has 8 aromatic rings. The molecule has 1 aliphatic carbocycles. The number of benzene rings is 4. The van der Waals surface area contributed by atoms with E-state index in [4.69, 9.17) is 47.9 Å². The van der Waals surface area contributed by atoms with E-state index in [2.05, 4.69) is 37.7 Å². The molecule has 11 rings (SSSR count). The number of hydrogen-bond donors (Lipinski definition) is 0. The SMILES string of the molecule is COc1ccc(CN(Cc2ccc(OC)cc2OC)S(=O)(=O)c2cc(N(C(=O)c3cc(Br)c(C)nc3N3CCC(F)(F)CC3)N(C(=O)c3cc(C#CC4CC4)c(C)nc3N3CCC(F)(F)CC3)c3ccnc(S(=O)(=O)N(Cc4ccc(OC)cc4OC)Cc4ccc(OC)cc4OC)c3)ccn2)c(OC)c1. The number of hydrogen-bond acceptors (Lipinski definition) is 20. The molecular formula is C75H79BrF4N10O14S2. The average Bonchev–Trinajstić information content (AvgIpc) is 1.07. The number of methoxy groups -OCH3 is 8. The number of nitrogens with zero attached hydrogens (tertiary/aromatic N) is 10. The molecule has 0 atom stereocenters. The highest BCUT2D eigenvalue weighted by atomic mass is 79.9. The van der Waals surface area contributed by atoms with Crippen molar-refractivity contribution in [3.05, 3.63) is 176 Å². The van der Waals surface area contributed by atoms with Crippen molar-refractivity contribution >= 4 is 70.8 Å². The fraction of sp³-hybridized carbons (Fsp3) is 0.360. The summed E-state index contributed by atoms with van der Waals surface area (Å²) in [6.07, 6.45) is 1.21. The van der Waals surface area contributed by atoms with Gasteiger partial charge in [0.25, 0.3) is 43.7 Å². The first kappa shape index (κ1) is 77.1. The molecule has 0 N–H and O–H groups in total. The van der Waals surface area contributed by atoms with Crippen molar-refractivity contribution in [1.82, 2.24) is 28.5 Å². The molecule has 106 heavy (non-hydrogen) atoms. The van der Waals surface area contributed by atoms with E-state index in [-0.39, 0.29) is 87.9 Å². The van der Waals surface area contributed by atoms with Crippen LogP contribution in [0, 0.1) is 31.6 Å². The summed E-state index contributed by atoms with van der Waals surface area (Å²) in [6, 6.07) is 26.6. The smallest absolute Gasteiger partial charge is 0.281 e. The molecule has 2 saturated heterocycles. The third-order valence-corrected chi connectivity index (χ3v) is 22.6. The number of carbonyl (C=O) groups excluding carboxylic acids is 2. The van der Waals surface area contributed by atoms with Crippen LogP contribution in [0.5, 0.6) is 46.0 Å². The lowest BCUT2D eigenvalue weighted by molar-refractivity contribution is -0.0228. The zero-order chi connectivity index (χ0) is 76.0. The molecule has 3 fully saturated rings. The van der Waals surface area contributed by atoms with E-state index in [9.17, 15) is 0 Å². The Morgan fingerprint density at radius 3 is 1.16 bits per heavy atom. The Hall–Kier alpha value is -10.0. The number of aromatic nitrogens is 4. The average molecular weight is 1560 g/mol. The molecule has 24 nitrogen and oxygen atoms in total. The van der Waals surface area contributed by atoms with Gasteiger partial charge in [-0.05, 0) is 91.1 Å². The molecule has 6 heterocycles. The van der Waals surface area contributed by atoms with E-state index < -0.39 is 117 Å². The van der Waals surface area contributed by atoms with Crippen molar-refractivity contribution in [3.63, 3.8) is 0 Å². The van der Waals surface area contributed by atoms with Crippen LogP contribution >= 0.6 is 15.9 Å². The lowest BCUT2D eigenvalue weighted by atomic mass is 10.0. The molecule has 0 bridgehead atoms. The van der Waals surface area contributed by atoms with E-state index >= 15 is 44.0 Å². The van der Waals surface area contributed by atoms with Crippen LogP contribution in [0.3, 0.4) is 0 Å². The third kappa shape index (κ3) is 17.1. The second kappa shape index (κ2) is 32.4. The van der Waals surface area contributed by atoms with Crippen LogP contribution < -0.4 is 57.7 Å². The van der Waals surface area contributed by atoms with Crippen LogP contribution in [0.25, 0.3) is 0 Å². The molecule has 0 radical (unpaired) electrons. The largest absolute Gasteiger partial charge is 0.497 e. The zero-order valence-corrected chi connectivity index (χ0v) is 63.1. The second-order valence-electron chi connectivity index (χ2n) is 25.3. The number of amides is 2. The van der Waals surface area contributed by atoms with Crippen LogP contribution in [0.2, 0.25) is 0 Å². The number of piperidine rings is 2. The molecule has 4 aromatic heterocycles. The summed E-state index contributed by atoms with van der Waals surface area (Å²) in [5.41, 5.74) is 0.825. The Morgan fingerprint density at radius 1 is 0.491 bits per heavy atom. The Bertz CT molecular complexity index is 4800. The van der Waals surface area contributed by atoms with Gasteiger partial charge in [-0.3, -0.25) is 9.59 Å². The monoisotopic (exact) mass is 1560 g/mol. The minimum atomic E-state index is -5.01. The number of pyridine rings is 4. The van der Waals surface area contributed by atoms with Crippen molar-refractivity contribution in [3.8, 4) is 57.8 Å². The van der Waals surface area contributed by atoms with Crippen LogP contribution in [-0.2, 0) is 46.2 Å². The van der Waals surface area contributed by atoms with Gasteiger partial charge >= 0.3 is 0 Å². The van der Waals surface area contributed by atoms with E-state index in [1.54, 1.807) is 86.6 Å². The molecule has 31 heteroatoms. The fourth-order valence-corrected chi connectivity index (χ4v) is 15.2. The number of rotatable bonds is 26. The predicted octanol–water partition coefficient (Wildman–Crippen LogP) is 12.6. The first-order chi connectivity index (χ1) is 50.6. The maximum Gasteiger partial charge on any atom is 0.281 e. The summed E-state index contributed by atoms with van der Waals surface area (Å²) >= 11 is 3.55. The lowest BCUT2D eigenvalue weighted by Crippen LogP contribution is -2.52. The molecule has 0 spiro atoms. The molecule has 3 aliphatic rings. The normalized spacial score (nSPS) is 14.9. The Morgan fingerprint density at radius 2 is 0.830 bits per heavy atom. The summed E-state index contributed by atoms with van der Waals surface area (Å²) in [5.74, 6) is 0.204. The number of alkyl halides is 4. The molecule has 4 aromatic carbocycles. The topological polar surface area (TPSA) is 247 Å². The fourth-order valence-electron chi connectivity index (χ4n) is 12.2. The standard InChI is InChI=1S/C75H79BrF4N10O14S2/c1-47-50(14-13-49-11-12-49)35-61(70(83-47)85-31-25-74(77,78)26-32-85)72(91)89(55-23-29-81-68(36-55)105(93,94)87(43-51-15-19-57(97-3)38-64(51)101-7)44-52-16-20-58(98-4)39-65(52)102-8)90(73(92)62-42-63(76)48(2)84-71(62)86-33-27-75(79,80)28-34-86)56-24-30-82-69(37-56)106(95,96)88(45-53-17-21-59(99-5)40-66(53)103-9)46-54-18-22-60(100-6)41-67(54)104-10/h15-24,29-30,35-42,49H,11-12,25-28,31-34,43-46H2,1-10H3. The first-order valence-electron chi connectivity index (χ1n) is 33.6. The van der Waals surface area contributed by atoms with Crippen molar-refractivity contribution in [2.24, 2.45) is 5.92 Å². The quantitative estimate of drug-likeness (QED) is 0.0278. The summed E-state index contributed by atoms with van der Waals surface area (Å²) < 4.78 is 173. The van der Waals surface area contributed by atoms with Gasteiger partial charge < -0.3 is 47.7 Å². The minimum absolute atomic E-state index is 0.0212. The molecule has 560 valence electrons. The van der Waals surface area contributed by atoms with Crippen LogP contribution in [0.15, 0.2) is 136 Å². The summed E-state index contributed by atoms with van der Waals surface area (Å²) in [4.78, 5) is 56.1. The van der Waals surface area contributed by atoms with Gasteiger partial charge in [0, 0.05) is 165 Å². The third-order valence-electron chi connectivity index (χ3n) is 18.4. The van der Waals surface area contributed by atoms with Crippen LogP contribution in [0.1, 0.15) is 98.4 Å². The zero-order valence-electron chi connectivity index (χ0n) is 59.9. The Labute approximate surface area is 621 Å². The van der Waals surface area contributed by atoms with E-state index in [1.807, 2.05) is 0 Å². The summed E-state index contributed by atoms with van der Waals surface area (Å²) in [6.45, 7) is 0.439. The van der Waals surface area contributed by atoms with Gasteiger partial charge in [-0.2, -0.15) is 8.61 Å². The highest BCUT2D eigenvalue weighted by Gasteiger charge is 2.43. The molecule has 2 amide bonds. The Balaban J connectivity index is 1.19. The van der Waals surface area contributed by atoms with Crippen molar-refractivity contribution in [1.29, 1.82) is 0 Å². The van der Waals surface area contributed by atoms with Crippen LogP contribution in [0.4, 0.5) is 40.6 Å². The number of carbonyl (C=O) groups is 2. The van der Waals surface area contributed by atoms with Gasteiger partial charge in [0.05, 0.1) is 90.8 Å². The van der Waals surface area contributed by atoms with E-state index in [0.29, 0.717) is 56.6 Å². The number of hydrazine groups is 1. The number of halogens is 5. The van der Waals surface area contributed by atoms with Crippen LogP contribution in [-0.4, -0.2) is 152 Å². The van der Waals surface area contributed by atoms with Gasteiger partial charge in [0.2, 0.25) is 0 Å². The first-order valence-corrected chi connectivity index (χ1v) is 37.2. The number of anilines is 4. The van der Waals surface area contributed by atoms with Gasteiger partial charge in [0.15, 0.2) is 10.1 Å². The lowest BCUT2D eigenvalue weighted by Gasteiger charge is -2.38. The summed E-state index contributed by atoms with van der Waals surface area (Å²) in [5, 5.41) is 0.176. The Kier molecular flexibility index (Phi) is 23.6. The number of aryl methyl sites for hydroxylation is 2. The van der Waals surface area contributed by atoms with E-state index in [1.165, 1.54) is 90.9 Å². The van der Waals surface area contributed by atoms with Gasteiger partial charge in [-0.25, -0.2) is 64.4 Å². The second-order valence-corrected chi connectivity index (χ2v) is 30.0. The van der Waals surface area contributed by atoms with Gasteiger partial charge in [-0.15, -0.1) is 0 Å². The van der Waals surface area contributed by atoms with Gasteiger partial charge in [-0.1, -0.05) is 36.1 Å². The highest BCUT2D eigenvalue weighted by molar-refractivity contribution is 9.10. The van der Waals surface area contributed by atoms with Crippen molar-refractivity contribution in [2.45, 2.75) is 100 Å². The maximum atomic E-state index is 17.2. The van der Waals surface area contributed by atoms with Gasteiger partial charge in [0.1, 0.15) is 57.6 Å². The van der Waals surface area contributed by atoms with Crippen molar-refractivity contribution < 1.29 is 81.9 Å². The maximum absolute atomic E-state index is 17.2. The van der Waals surface area contributed by atoms with Crippen molar-refractivity contribution in [2.75, 3.05) is 103 Å². The highest BCUT2D eigenvalue weighted by Crippen LogP contribution is 2.42. The molecule has 0 unspecified atom stereocenters. The minimum Gasteiger partial charge on any atom is -0.497 e. The molecule has 1 saturated carbocycles. The molecule has 2 aliphatic heterocycles. The predicted molar refractivity (Wildman–Crippen MR) is 391 cm³/mol.